The third kappa shape index (κ3) is 3.46. The van der Waals surface area contributed by atoms with Gasteiger partial charge in [-0.2, -0.15) is 39.5 Å². The van der Waals surface area contributed by atoms with Crippen LogP contribution in [0.2, 0.25) is 0 Å². The fourth-order valence-corrected chi connectivity index (χ4v) is 1.08. The summed E-state index contributed by atoms with van der Waals surface area (Å²) in [7, 11) is 0. The average molecular weight is 326 g/mol. The van der Waals surface area contributed by atoms with E-state index in [1.165, 1.54) is 0 Å². The minimum absolute atomic E-state index is 0.806. The molecule has 0 radical (unpaired) electrons. The largest absolute Gasteiger partial charge is 0.460 e. The molecule has 11 heteroatoms. The Kier molecular flexibility index (Phi) is 5.01. The lowest BCUT2D eigenvalue weighted by Crippen LogP contribution is -2.61. The van der Waals surface area contributed by atoms with Crippen LogP contribution in [0.25, 0.3) is 0 Å². The zero-order valence-corrected chi connectivity index (χ0v) is 9.78. The van der Waals surface area contributed by atoms with Crippen LogP contribution in [0.1, 0.15) is 26.2 Å². The van der Waals surface area contributed by atoms with E-state index in [4.69, 9.17) is 0 Å². The highest BCUT2D eigenvalue weighted by atomic mass is 19.4. The fourth-order valence-electron chi connectivity index (χ4n) is 1.08. The van der Waals surface area contributed by atoms with Gasteiger partial charge in [0.2, 0.25) is 5.92 Å². The molecule has 0 heterocycles. The zero-order valence-electron chi connectivity index (χ0n) is 9.78. The van der Waals surface area contributed by atoms with Crippen molar-refractivity contribution in [3.8, 4) is 0 Å². The first-order valence-corrected chi connectivity index (χ1v) is 5.10. The van der Waals surface area contributed by atoms with Crippen molar-refractivity contribution in [3.63, 3.8) is 0 Å². The maximum absolute atomic E-state index is 12.8. The number of hydrogen-bond acceptors (Lipinski definition) is 0. The summed E-state index contributed by atoms with van der Waals surface area (Å²) in [6.07, 6.45) is -12.4. The van der Waals surface area contributed by atoms with Crippen molar-refractivity contribution in [3.05, 3.63) is 0 Å². The molecule has 20 heavy (non-hydrogen) atoms. The Morgan fingerprint density at radius 1 is 0.600 bits per heavy atom. The summed E-state index contributed by atoms with van der Waals surface area (Å²) in [5.41, 5.74) is 0. The van der Waals surface area contributed by atoms with Crippen molar-refractivity contribution in [2.45, 2.75) is 56.1 Å². The molecular formula is C9H9F11. The second kappa shape index (κ2) is 5.21. The molecule has 0 saturated heterocycles. The molecule has 0 bridgehead atoms. The molecule has 0 aromatic rings. The van der Waals surface area contributed by atoms with Crippen molar-refractivity contribution >= 4 is 0 Å². The SMILES string of the molecule is CCC(F)(F)CCC(F)(F)C(F)(F)C(F)(F)C(F)(F)F. The Bertz CT molecular complexity index is 327. The molecule has 0 aliphatic heterocycles. The molecule has 0 aromatic heterocycles. The minimum Gasteiger partial charge on any atom is -0.207 e. The topological polar surface area (TPSA) is 0 Å². The van der Waals surface area contributed by atoms with Gasteiger partial charge in [0.25, 0.3) is 0 Å². The molecule has 0 atom stereocenters. The summed E-state index contributed by atoms with van der Waals surface area (Å²) in [5, 5.41) is 0. The average Bonchev–Trinajstić information content (AvgIpc) is 2.24. The van der Waals surface area contributed by atoms with E-state index in [9.17, 15) is 48.3 Å². The molecule has 0 fully saturated rings. The third-order valence-corrected chi connectivity index (χ3v) is 2.53. The van der Waals surface area contributed by atoms with Crippen LogP contribution < -0.4 is 0 Å². The Hall–Kier alpha value is -0.770. The minimum atomic E-state index is -7.04. The maximum atomic E-state index is 12.8. The van der Waals surface area contributed by atoms with Crippen LogP contribution in [-0.2, 0) is 0 Å². The van der Waals surface area contributed by atoms with Crippen LogP contribution in [0.15, 0.2) is 0 Å². The van der Waals surface area contributed by atoms with Gasteiger partial charge in [-0.3, -0.25) is 0 Å². The molecule has 0 N–H and O–H groups in total. The highest BCUT2D eigenvalue weighted by molar-refractivity contribution is 5.00. The molecule has 0 aromatic carbocycles. The number of halogens is 11. The Morgan fingerprint density at radius 3 is 1.30 bits per heavy atom. The quantitative estimate of drug-likeness (QED) is 0.583. The van der Waals surface area contributed by atoms with Gasteiger partial charge in [-0.15, -0.1) is 0 Å². The van der Waals surface area contributed by atoms with Crippen LogP contribution in [0.5, 0.6) is 0 Å². The first kappa shape index (κ1) is 19.2. The molecule has 0 unspecified atom stereocenters. The molecule has 0 nitrogen and oxygen atoms in total. The first-order chi connectivity index (χ1) is 8.52. The van der Waals surface area contributed by atoms with Gasteiger partial charge in [0.15, 0.2) is 0 Å². The lowest BCUT2D eigenvalue weighted by Gasteiger charge is -2.34. The summed E-state index contributed by atoms with van der Waals surface area (Å²) in [4.78, 5) is 0. The van der Waals surface area contributed by atoms with Crippen LogP contribution in [0.4, 0.5) is 48.3 Å². The van der Waals surface area contributed by atoms with Gasteiger partial charge in [0, 0.05) is 19.3 Å². The molecule has 0 spiro atoms. The Morgan fingerprint density at radius 2 is 1.00 bits per heavy atom. The maximum Gasteiger partial charge on any atom is 0.460 e. The Labute approximate surface area is 105 Å². The number of rotatable bonds is 6. The van der Waals surface area contributed by atoms with Crippen LogP contribution in [0.3, 0.4) is 0 Å². The molecule has 122 valence electrons. The third-order valence-electron chi connectivity index (χ3n) is 2.53. The lowest BCUT2D eigenvalue weighted by molar-refractivity contribution is -0.397. The summed E-state index contributed by atoms with van der Waals surface area (Å²) < 4.78 is 136. The van der Waals surface area contributed by atoms with Crippen molar-refractivity contribution < 1.29 is 48.3 Å². The van der Waals surface area contributed by atoms with E-state index in [1.807, 2.05) is 0 Å². The zero-order chi connectivity index (χ0) is 16.6. The van der Waals surface area contributed by atoms with E-state index in [0.717, 1.165) is 6.92 Å². The van der Waals surface area contributed by atoms with Gasteiger partial charge in [-0.25, -0.2) is 8.78 Å². The van der Waals surface area contributed by atoms with Gasteiger partial charge in [0.1, 0.15) is 0 Å². The second-order valence-electron chi connectivity index (χ2n) is 4.06. The van der Waals surface area contributed by atoms with Crippen molar-refractivity contribution in [1.82, 2.24) is 0 Å². The first-order valence-electron chi connectivity index (χ1n) is 5.10. The molecule has 0 aliphatic rings. The van der Waals surface area contributed by atoms with Crippen LogP contribution in [-0.4, -0.2) is 29.9 Å². The van der Waals surface area contributed by atoms with E-state index >= 15 is 0 Å². The van der Waals surface area contributed by atoms with Gasteiger partial charge >= 0.3 is 23.9 Å². The van der Waals surface area contributed by atoms with Crippen molar-refractivity contribution in [2.24, 2.45) is 0 Å². The predicted octanol–water partition coefficient (Wildman–Crippen LogP) is 5.28. The normalized spacial score (nSPS) is 15.6. The molecule has 0 amide bonds. The summed E-state index contributed by atoms with van der Waals surface area (Å²) >= 11 is 0. The smallest absolute Gasteiger partial charge is 0.207 e. The molecular weight excluding hydrogens is 317 g/mol. The molecule has 0 saturated carbocycles. The standard InChI is InChI=1S/C9H9F11/c1-2-5(10,11)3-4-6(12,13)7(14,15)8(16,17)9(18,19)20/h2-4H2,1H3. The van der Waals surface area contributed by atoms with Gasteiger partial charge in [-0.1, -0.05) is 6.92 Å². The van der Waals surface area contributed by atoms with Gasteiger partial charge < -0.3 is 0 Å². The lowest BCUT2D eigenvalue weighted by atomic mass is 9.97. The molecule has 0 aliphatic carbocycles. The van der Waals surface area contributed by atoms with Crippen LogP contribution in [0, 0.1) is 0 Å². The second-order valence-corrected chi connectivity index (χ2v) is 4.06. The molecule has 0 rings (SSSR count). The van der Waals surface area contributed by atoms with E-state index in [0.29, 0.717) is 0 Å². The summed E-state index contributed by atoms with van der Waals surface area (Å²) in [5.74, 6) is -23.7. The predicted molar refractivity (Wildman–Crippen MR) is 45.4 cm³/mol. The monoisotopic (exact) mass is 326 g/mol. The Balaban J connectivity index is 5.27. The van der Waals surface area contributed by atoms with E-state index in [2.05, 4.69) is 0 Å². The van der Waals surface area contributed by atoms with Crippen molar-refractivity contribution in [1.29, 1.82) is 0 Å². The van der Waals surface area contributed by atoms with Gasteiger partial charge in [-0.05, 0) is 0 Å². The van der Waals surface area contributed by atoms with Crippen LogP contribution >= 0.6 is 0 Å². The fraction of sp³-hybridized carbons (Fsp3) is 1.00. The summed E-state index contributed by atoms with van der Waals surface area (Å²) in [6.45, 7) is 0.806. The van der Waals surface area contributed by atoms with E-state index in [1.54, 1.807) is 0 Å². The number of hydrogen-bond donors (Lipinski definition) is 0. The highest BCUT2D eigenvalue weighted by Crippen LogP contribution is 2.54. The summed E-state index contributed by atoms with van der Waals surface area (Å²) in [6, 6.07) is 0. The van der Waals surface area contributed by atoms with Crippen molar-refractivity contribution in [2.75, 3.05) is 0 Å². The highest BCUT2D eigenvalue weighted by Gasteiger charge is 2.81. The van der Waals surface area contributed by atoms with E-state index in [-0.39, 0.29) is 0 Å². The van der Waals surface area contributed by atoms with Gasteiger partial charge in [0.05, 0.1) is 0 Å². The van der Waals surface area contributed by atoms with E-state index < -0.39 is 49.1 Å². The number of alkyl halides is 11.